The molecule has 1 heterocycles. The SMILES string of the molecule is Cc1ccc(NC(=O)C(Sc2nnnn2-c2ccc(C)cc2C)c2ccccc2)cc1. The number of carbonyl (C=O) groups excluding carboxylic acids is 1. The highest BCUT2D eigenvalue weighted by Crippen LogP contribution is 2.36. The van der Waals surface area contributed by atoms with Crippen LogP contribution in [0.2, 0.25) is 0 Å². The number of hydrogen-bond donors (Lipinski definition) is 1. The van der Waals surface area contributed by atoms with E-state index in [9.17, 15) is 4.79 Å². The van der Waals surface area contributed by atoms with Gasteiger partial charge in [0.05, 0.1) is 5.69 Å². The van der Waals surface area contributed by atoms with Crippen molar-refractivity contribution in [1.29, 1.82) is 0 Å². The Morgan fingerprint density at radius 3 is 2.35 bits per heavy atom. The second-order valence-corrected chi connectivity index (χ2v) is 8.50. The van der Waals surface area contributed by atoms with Crippen LogP contribution >= 0.6 is 11.8 Å². The van der Waals surface area contributed by atoms with Crippen LogP contribution in [0.4, 0.5) is 5.69 Å². The second kappa shape index (κ2) is 9.14. The molecule has 6 nitrogen and oxygen atoms in total. The van der Waals surface area contributed by atoms with E-state index in [0.717, 1.165) is 28.1 Å². The monoisotopic (exact) mass is 429 g/mol. The maximum atomic E-state index is 13.3. The van der Waals surface area contributed by atoms with Gasteiger partial charge in [-0.3, -0.25) is 4.79 Å². The van der Waals surface area contributed by atoms with Crippen LogP contribution in [-0.4, -0.2) is 26.1 Å². The number of thioether (sulfide) groups is 1. The number of aromatic nitrogens is 4. The molecule has 1 aromatic heterocycles. The summed E-state index contributed by atoms with van der Waals surface area (Å²) in [5, 5.41) is 15.3. The minimum Gasteiger partial charge on any atom is -0.325 e. The number of rotatable bonds is 6. The van der Waals surface area contributed by atoms with Crippen LogP contribution in [0.5, 0.6) is 0 Å². The van der Waals surface area contributed by atoms with Crippen LogP contribution in [0.1, 0.15) is 27.5 Å². The molecule has 0 fully saturated rings. The predicted molar refractivity (Wildman–Crippen MR) is 123 cm³/mol. The normalized spacial score (nSPS) is 11.8. The van der Waals surface area contributed by atoms with Gasteiger partial charge in [0.1, 0.15) is 5.25 Å². The van der Waals surface area contributed by atoms with Gasteiger partial charge in [-0.1, -0.05) is 77.5 Å². The Bertz CT molecular complexity index is 1190. The summed E-state index contributed by atoms with van der Waals surface area (Å²) in [5.74, 6) is -0.129. The molecule has 1 amide bonds. The number of amides is 1. The summed E-state index contributed by atoms with van der Waals surface area (Å²) in [6, 6.07) is 23.5. The van der Waals surface area contributed by atoms with Crippen LogP contribution in [-0.2, 0) is 4.79 Å². The van der Waals surface area contributed by atoms with Crippen LogP contribution in [0.3, 0.4) is 0 Å². The Morgan fingerprint density at radius 2 is 1.65 bits per heavy atom. The van der Waals surface area contributed by atoms with E-state index in [2.05, 4.69) is 26.9 Å². The zero-order valence-electron chi connectivity index (χ0n) is 17.6. The summed E-state index contributed by atoms with van der Waals surface area (Å²) >= 11 is 1.33. The Hall–Kier alpha value is -3.45. The van der Waals surface area contributed by atoms with Crippen molar-refractivity contribution in [3.05, 3.63) is 95.1 Å². The van der Waals surface area contributed by atoms with Crippen molar-refractivity contribution < 1.29 is 4.79 Å². The molecule has 0 bridgehead atoms. The third-order valence-electron chi connectivity index (χ3n) is 4.90. The smallest absolute Gasteiger partial charge is 0.242 e. The van der Waals surface area contributed by atoms with Crippen molar-refractivity contribution in [2.24, 2.45) is 0 Å². The molecule has 1 unspecified atom stereocenters. The standard InChI is InChI=1S/C24H23N5OS/c1-16-9-12-20(13-10-16)25-23(30)22(19-7-5-4-6-8-19)31-24-26-27-28-29(24)21-14-11-17(2)15-18(21)3/h4-15,22H,1-3H3,(H,25,30). The Balaban J connectivity index is 1.66. The Kier molecular flexibility index (Phi) is 6.13. The lowest BCUT2D eigenvalue weighted by Gasteiger charge is -2.17. The lowest BCUT2D eigenvalue weighted by atomic mass is 10.1. The molecule has 156 valence electrons. The number of nitrogens with one attached hydrogen (secondary N) is 1. The van der Waals surface area contributed by atoms with Gasteiger partial charge in [0.25, 0.3) is 0 Å². The minimum absolute atomic E-state index is 0.129. The molecular weight excluding hydrogens is 406 g/mol. The zero-order chi connectivity index (χ0) is 21.8. The van der Waals surface area contributed by atoms with Gasteiger partial charge < -0.3 is 5.32 Å². The van der Waals surface area contributed by atoms with E-state index in [1.54, 1.807) is 4.68 Å². The highest BCUT2D eigenvalue weighted by molar-refractivity contribution is 8.00. The maximum Gasteiger partial charge on any atom is 0.242 e. The highest BCUT2D eigenvalue weighted by atomic mass is 32.2. The maximum absolute atomic E-state index is 13.3. The van der Waals surface area contributed by atoms with Gasteiger partial charge in [0.15, 0.2) is 0 Å². The molecule has 0 spiro atoms. The molecule has 0 saturated heterocycles. The third-order valence-corrected chi connectivity index (χ3v) is 6.09. The molecule has 3 aromatic carbocycles. The van der Waals surface area contributed by atoms with Crippen LogP contribution < -0.4 is 5.32 Å². The number of hydrogen-bond acceptors (Lipinski definition) is 5. The molecule has 0 aliphatic heterocycles. The number of aryl methyl sites for hydroxylation is 3. The summed E-state index contributed by atoms with van der Waals surface area (Å²) < 4.78 is 1.69. The molecule has 4 rings (SSSR count). The largest absolute Gasteiger partial charge is 0.325 e. The molecule has 7 heteroatoms. The lowest BCUT2D eigenvalue weighted by Crippen LogP contribution is -2.19. The number of tetrazole rings is 1. The predicted octanol–water partition coefficient (Wildman–Crippen LogP) is 5.06. The molecule has 0 aliphatic rings. The first-order valence-corrected chi connectivity index (χ1v) is 10.8. The van der Waals surface area contributed by atoms with Gasteiger partial charge >= 0.3 is 0 Å². The van der Waals surface area contributed by atoms with Crippen molar-refractivity contribution >= 4 is 23.4 Å². The number of anilines is 1. The van der Waals surface area contributed by atoms with Crippen LogP contribution in [0.15, 0.2) is 78.0 Å². The zero-order valence-corrected chi connectivity index (χ0v) is 18.4. The van der Waals surface area contributed by atoms with E-state index in [0.29, 0.717) is 5.16 Å². The number of nitrogens with zero attached hydrogens (tertiary/aromatic N) is 4. The van der Waals surface area contributed by atoms with Gasteiger partial charge in [-0.05, 0) is 60.5 Å². The van der Waals surface area contributed by atoms with Crippen LogP contribution in [0, 0.1) is 20.8 Å². The van der Waals surface area contributed by atoms with Crippen molar-refractivity contribution in [3.8, 4) is 5.69 Å². The first-order chi connectivity index (χ1) is 15.0. The fourth-order valence-corrected chi connectivity index (χ4v) is 4.29. The van der Waals surface area contributed by atoms with Crippen molar-refractivity contribution in [3.63, 3.8) is 0 Å². The summed E-state index contributed by atoms with van der Waals surface area (Å²) in [6.45, 7) is 6.09. The van der Waals surface area contributed by atoms with Gasteiger partial charge in [0, 0.05) is 5.69 Å². The number of benzene rings is 3. The van der Waals surface area contributed by atoms with Crippen molar-refractivity contribution in [1.82, 2.24) is 20.2 Å². The van der Waals surface area contributed by atoms with Gasteiger partial charge in [0.2, 0.25) is 11.1 Å². The fourth-order valence-electron chi connectivity index (χ4n) is 3.30. The summed E-state index contributed by atoms with van der Waals surface area (Å²) in [6.07, 6.45) is 0. The minimum atomic E-state index is -0.516. The molecule has 1 N–H and O–H groups in total. The van der Waals surface area contributed by atoms with Gasteiger partial charge in [-0.15, -0.1) is 5.10 Å². The molecule has 0 saturated carbocycles. The lowest BCUT2D eigenvalue weighted by molar-refractivity contribution is -0.115. The quantitative estimate of drug-likeness (QED) is 0.434. The fraction of sp³-hybridized carbons (Fsp3) is 0.167. The summed E-state index contributed by atoms with van der Waals surface area (Å²) in [4.78, 5) is 13.3. The first-order valence-electron chi connectivity index (χ1n) is 9.96. The Morgan fingerprint density at radius 1 is 0.935 bits per heavy atom. The number of carbonyl (C=O) groups is 1. The van der Waals surface area contributed by atoms with E-state index in [4.69, 9.17) is 0 Å². The van der Waals surface area contributed by atoms with E-state index in [1.165, 1.54) is 17.3 Å². The third kappa shape index (κ3) is 4.83. The second-order valence-electron chi connectivity index (χ2n) is 7.43. The van der Waals surface area contributed by atoms with E-state index < -0.39 is 5.25 Å². The molecule has 1 atom stereocenters. The first kappa shape index (κ1) is 20.8. The summed E-state index contributed by atoms with van der Waals surface area (Å²) in [5.41, 5.74) is 5.90. The molecule has 4 aromatic rings. The average Bonchev–Trinajstić information content (AvgIpc) is 3.22. The molecule has 0 radical (unpaired) electrons. The average molecular weight is 430 g/mol. The highest BCUT2D eigenvalue weighted by Gasteiger charge is 2.26. The van der Waals surface area contributed by atoms with Gasteiger partial charge in [-0.25, -0.2) is 0 Å². The molecule has 31 heavy (non-hydrogen) atoms. The molecule has 0 aliphatic carbocycles. The Labute approximate surface area is 185 Å². The van der Waals surface area contributed by atoms with E-state index >= 15 is 0 Å². The van der Waals surface area contributed by atoms with Crippen LogP contribution in [0.25, 0.3) is 5.69 Å². The topological polar surface area (TPSA) is 72.7 Å². The van der Waals surface area contributed by atoms with E-state index in [1.807, 2.05) is 87.5 Å². The van der Waals surface area contributed by atoms with E-state index in [-0.39, 0.29) is 5.91 Å². The molecular formula is C24H23N5OS. The van der Waals surface area contributed by atoms with Crippen molar-refractivity contribution in [2.75, 3.05) is 5.32 Å². The summed E-state index contributed by atoms with van der Waals surface area (Å²) in [7, 11) is 0. The van der Waals surface area contributed by atoms with Crippen molar-refractivity contribution in [2.45, 2.75) is 31.2 Å². The van der Waals surface area contributed by atoms with Gasteiger partial charge in [-0.2, -0.15) is 4.68 Å².